The molecule has 1 nitrogen and oxygen atoms in total. The average molecular weight is 117 g/mol. The van der Waals surface area contributed by atoms with Crippen molar-refractivity contribution in [2.75, 3.05) is 0 Å². The van der Waals surface area contributed by atoms with Gasteiger partial charge in [0.05, 0.1) is 0 Å². The minimum Gasteiger partial charge on any atom is -0.299 e. The fraction of sp³-hybridized carbons (Fsp3) is 0. The zero-order valence-corrected chi connectivity index (χ0v) is 4.48. The van der Waals surface area contributed by atoms with Crippen LogP contribution in [0.15, 0.2) is 23.8 Å². The number of halogens is 1. The fourth-order valence-corrected chi connectivity index (χ4v) is 0.184. The zero-order valence-electron chi connectivity index (χ0n) is 3.73. The second-order valence-corrected chi connectivity index (χ2v) is 1.33. The van der Waals surface area contributed by atoms with E-state index in [0.29, 0.717) is 11.3 Å². The van der Waals surface area contributed by atoms with Gasteiger partial charge in [0.2, 0.25) is 0 Å². The lowest BCUT2D eigenvalue weighted by atomic mass is 10.5. The Morgan fingerprint density at radius 3 is 2.43 bits per heavy atom. The molecule has 0 spiro atoms. The van der Waals surface area contributed by atoms with Crippen molar-refractivity contribution in [1.82, 2.24) is 0 Å². The van der Waals surface area contributed by atoms with Crippen LogP contribution in [0.1, 0.15) is 0 Å². The lowest BCUT2D eigenvalue weighted by Gasteiger charge is -1.74. The standard InChI is InChI=1S/C5H5ClO/c1-2-5(6)3-4-7/h2-4H,1H2/b5-3-. The molecule has 0 rings (SSSR count). The van der Waals surface area contributed by atoms with Crippen LogP contribution in [0.25, 0.3) is 0 Å². The van der Waals surface area contributed by atoms with E-state index in [1.54, 1.807) is 0 Å². The molecule has 0 N–H and O–H groups in total. The van der Waals surface area contributed by atoms with E-state index >= 15 is 0 Å². The summed E-state index contributed by atoms with van der Waals surface area (Å²) in [6.07, 6.45) is 3.24. The van der Waals surface area contributed by atoms with Gasteiger partial charge in [-0.1, -0.05) is 24.3 Å². The van der Waals surface area contributed by atoms with Gasteiger partial charge in [-0.3, -0.25) is 4.79 Å². The van der Waals surface area contributed by atoms with Crippen LogP contribution in [-0.2, 0) is 4.79 Å². The largest absolute Gasteiger partial charge is 0.299 e. The number of rotatable bonds is 2. The van der Waals surface area contributed by atoms with Crippen molar-refractivity contribution in [3.05, 3.63) is 23.8 Å². The number of carbonyl (C=O) groups excluding carboxylic acids is 1. The van der Waals surface area contributed by atoms with Crippen molar-refractivity contribution in [3.8, 4) is 0 Å². The second kappa shape index (κ2) is 3.62. The lowest BCUT2D eigenvalue weighted by molar-refractivity contribution is -0.104. The topological polar surface area (TPSA) is 17.1 Å². The van der Waals surface area contributed by atoms with Gasteiger partial charge in [-0.2, -0.15) is 0 Å². The smallest absolute Gasteiger partial charge is 0.144 e. The zero-order chi connectivity index (χ0) is 5.70. The van der Waals surface area contributed by atoms with Gasteiger partial charge in [-0.15, -0.1) is 0 Å². The lowest BCUT2D eigenvalue weighted by Crippen LogP contribution is -1.61. The Hall–Kier alpha value is -0.560. The molecule has 0 aromatic rings. The predicted octanol–water partition coefficient (Wildman–Crippen LogP) is 1.49. The van der Waals surface area contributed by atoms with Crippen LogP contribution < -0.4 is 0 Å². The maximum absolute atomic E-state index is 9.57. The van der Waals surface area contributed by atoms with Crippen LogP contribution in [0.2, 0.25) is 0 Å². The van der Waals surface area contributed by atoms with Gasteiger partial charge >= 0.3 is 0 Å². The van der Waals surface area contributed by atoms with Crippen molar-refractivity contribution in [2.45, 2.75) is 0 Å². The molecule has 0 radical (unpaired) electrons. The molecular formula is C5H5ClO. The molecule has 7 heavy (non-hydrogen) atoms. The summed E-state index contributed by atoms with van der Waals surface area (Å²) in [7, 11) is 0. The summed E-state index contributed by atoms with van der Waals surface area (Å²) in [4.78, 5) is 9.57. The molecule has 0 heterocycles. The Morgan fingerprint density at radius 2 is 2.29 bits per heavy atom. The Bertz CT molecular complexity index is 105. The van der Waals surface area contributed by atoms with Crippen LogP contribution in [0.3, 0.4) is 0 Å². The molecule has 0 aliphatic rings. The van der Waals surface area contributed by atoms with Crippen LogP contribution in [-0.4, -0.2) is 6.29 Å². The summed E-state index contributed by atoms with van der Waals surface area (Å²) in [5, 5.41) is 0.370. The Labute approximate surface area is 47.3 Å². The molecule has 0 aromatic heterocycles. The number of hydrogen-bond acceptors (Lipinski definition) is 1. The first-order valence-electron chi connectivity index (χ1n) is 1.74. The van der Waals surface area contributed by atoms with Crippen molar-refractivity contribution in [3.63, 3.8) is 0 Å². The highest BCUT2D eigenvalue weighted by Crippen LogP contribution is 1.97. The fourth-order valence-electron chi connectivity index (χ4n) is 0.133. The molecule has 0 fully saturated rings. The third-order valence-corrected chi connectivity index (χ3v) is 0.703. The molecule has 0 aliphatic heterocycles. The SMILES string of the molecule is C=C/C(Cl)=C/C=O. The summed E-state index contributed by atoms with van der Waals surface area (Å²) in [6, 6.07) is 0. The summed E-state index contributed by atoms with van der Waals surface area (Å²) in [5.41, 5.74) is 0. The molecule has 0 aliphatic carbocycles. The van der Waals surface area contributed by atoms with Gasteiger partial charge in [0.15, 0.2) is 0 Å². The first-order valence-corrected chi connectivity index (χ1v) is 2.12. The molecule has 38 valence electrons. The monoisotopic (exact) mass is 116 g/mol. The third kappa shape index (κ3) is 3.27. The van der Waals surface area contributed by atoms with Crippen molar-refractivity contribution < 1.29 is 4.79 Å². The van der Waals surface area contributed by atoms with Crippen LogP contribution in [0.4, 0.5) is 0 Å². The van der Waals surface area contributed by atoms with E-state index in [-0.39, 0.29) is 0 Å². The summed E-state index contributed by atoms with van der Waals surface area (Å²) < 4.78 is 0. The maximum Gasteiger partial charge on any atom is 0.144 e. The highest BCUT2D eigenvalue weighted by Gasteiger charge is 1.75. The summed E-state index contributed by atoms with van der Waals surface area (Å²) >= 11 is 5.28. The first-order chi connectivity index (χ1) is 3.31. The van der Waals surface area contributed by atoms with Gasteiger partial charge in [0, 0.05) is 5.03 Å². The molecule has 0 amide bonds. The van der Waals surface area contributed by atoms with Gasteiger partial charge in [0.1, 0.15) is 6.29 Å². The summed E-state index contributed by atoms with van der Waals surface area (Å²) in [6.45, 7) is 3.32. The highest BCUT2D eigenvalue weighted by atomic mass is 35.5. The molecule has 0 bridgehead atoms. The van der Waals surface area contributed by atoms with Gasteiger partial charge in [-0.25, -0.2) is 0 Å². The van der Waals surface area contributed by atoms with Crippen LogP contribution in [0, 0.1) is 0 Å². The molecule has 0 saturated carbocycles. The molecule has 0 aromatic carbocycles. The van der Waals surface area contributed by atoms with E-state index in [0.717, 1.165) is 0 Å². The Balaban J connectivity index is 3.72. The van der Waals surface area contributed by atoms with Crippen molar-refractivity contribution in [2.24, 2.45) is 0 Å². The van der Waals surface area contributed by atoms with E-state index in [1.165, 1.54) is 12.2 Å². The van der Waals surface area contributed by atoms with E-state index in [4.69, 9.17) is 11.6 Å². The average Bonchev–Trinajstić information content (AvgIpc) is 1.68. The summed E-state index contributed by atoms with van der Waals surface area (Å²) in [5.74, 6) is 0. The Morgan fingerprint density at radius 1 is 1.71 bits per heavy atom. The van der Waals surface area contributed by atoms with E-state index in [1.807, 2.05) is 0 Å². The van der Waals surface area contributed by atoms with E-state index < -0.39 is 0 Å². The molecule has 0 atom stereocenters. The van der Waals surface area contributed by atoms with Crippen LogP contribution in [0.5, 0.6) is 0 Å². The minimum absolute atomic E-state index is 0.370. The molecule has 0 saturated heterocycles. The quantitative estimate of drug-likeness (QED) is 0.304. The first kappa shape index (κ1) is 6.44. The van der Waals surface area contributed by atoms with Gasteiger partial charge < -0.3 is 0 Å². The second-order valence-electron chi connectivity index (χ2n) is 0.892. The molecular weight excluding hydrogens is 112 g/mol. The minimum atomic E-state index is 0.370. The van der Waals surface area contributed by atoms with Crippen molar-refractivity contribution in [1.29, 1.82) is 0 Å². The van der Waals surface area contributed by atoms with E-state index in [9.17, 15) is 4.79 Å². The molecule has 2 heteroatoms. The highest BCUT2D eigenvalue weighted by molar-refractivity contribution is 6.32. The normalized spacial score (nSPS) is 10.7. The number of allylic oxidation sites excluding steroid dienone is 3. The van der Waals surface area contributed by atoms with Crippen LogP contribution >= 0.6 is 11.6 Å². The number of aldehydes is 1. The van der Waals surface area contributed by atoms with Gasteiger partial charge in [0.25, 0.3) is 0 Å². The van der Waals surface area contributed by atoms with E-state index in [2.05, 4.69) is 6.58 Å². The van der Waals surface area contributed by atoms with Crippen molar-refractivity contribution >= 4 is 17.9 Å². The maximum atomic E-state index is 9.57. The third-order valence-electron chi connectivity index (χ3n) is 0.422. The van der Waals surface area contributed by atoms with Gasteiger partial charge in [-0.05, 0) is 6.08 Å². The number of hydrogen-bond donors (Lipinski definition) is 0. The Kier molecular flexibility index (Phi) is 3.33. The molecule has 0 unspecified atom stereocenters. The number of carbonyl (C=O) groups is 1. The predicted molar refractivity (Wildman–Crippen MR) is 30.2 cm³/mol.